The summed E-state index contributed by atoms with van der Waals surface area (Å²) in [5, 5.41) is 9.11. The first-order valence-electron chi connectivity index (χ1n) is 8.17. The summed E-state index contributed by atoms with van der Waals surface area (Å²) in [5.41, 5.74) is 3.88. The van der Waals surface area contributed by atoms with E-state index in [-0.39, 0.29) is 5.91 Å². The molecule has 0 bridgehead atoms. The van der Waals surface area contributed by atoms with Gasteiger partial charge in [0.1, 0.15) is 12.4 Å². The highest BCUT2D eigenvalue weighted by molar-refractivity contribution is 7.12. The lowest BCUT2D eigenvalue weighted by Gasteiger charge is -2.05. The topological polar surface area (TPSA) is 56.2 Å². The quantitative estimate of drug-likeness (QED) is 0.712. The van der Waals surface area contributed by atoms with Crippen LogP contribution in [0.5, 0.6) is 5.75 Å². The van der Waals surface area contributed by atoms with Crippen molar-refractivity contribution < 1.29 is 9.53 Å². The zero-order chi connectivity index (χ0) is 17.8. The number of carbonyl (C=O) groups excluding carboxylic acids is 1. The Hall–Kier alpha value is -2.60. The summed E-state index contributed by atoms with van der Waals surface area (Å²) >= 11 is 1.41. The van der Waals surface area contributed by atoms with Crippen molar-refractivity contribution >= 4 is 22.9 Å². The van der Waals surface area contributed by atoms with E-state index >= 15 is 0 Å². The van der Waals surface area contributed by atoms with Crippen molar-refractivity contribution in [1.82, 2.24) is 9.78 Å². The maximum absolute atomic E-state index is 12.4. The van der Waals surface area contributed by atoms with Gasteiger partial charge >= 0.3 is 0 Å². The van der Waals surface area contributed by atoms with Crippen molar-refractivity contribution in [3.63, 3.8) is 0 Å². The lowest BCUT2D eigenvalue weighted by atomic mass is 10.2. The number of nitrogens with zero attached hydrogens (tertiary/aromatic N) is 2. The van der Waals surface area contributed by atoms with E-state index in [0.717, 1.165) is 29.2 Å². The second kappa shape index (κ2) is 7.53. The first-order valence-corrected chi connectivity index (χ1v) is 9.05. The summed E-state index contributed by atoms with van der Waals surface area (Å²) in [6.07, 6.45) is 1.69. The van der Waals surface area contributed by atoms with Gasteiger partial charge in [0.15, 0.2) is 0 Å². The molecule has 5 nitrogen and oxygen atoms in total. The van der Waals surface area contributed by atoms with Crippen molar-refractivity contribution in [2.24, 2.45) is 0 Å². The third-order valence-corrected chi connectivity index (χ3v) is 4.93. The van der Waals surface area contributed by atoms with Gasteiger partial charge in [-0.3, -0.25) is 9.48 Å². The first kappa shape index (κ1) is 17.2. The molecule has 0 fully saturated rings. The van der Waals surface area contributed by atoms with Gasteiger partial charge in [-0.2, -0.15) is 5.10 Å². The molecule has 1 N–H and O–H groups in total. The van der Waals surface area contributed by atoms with Crippen LogP contribution in [0.3, 0.4) is 0 Å². The zero-order valence-corrected chi connectivity index (χ0v) is 15.4. The van der Waals surface area contributed by atoms with Gasteiger partial charge in [0.25, 0.3) is 5.91 Å². The SMILES string of the molecule is CCn1ncc(NC(=O)c2cc(COc3ccc(C)cc3)cs2)c1C. The molecule has 0 atom stereocenters. The monoisotopic (exact) mass is 355 g/mol. The summed E-state index contributed by atoms with van der Waals surface area (Å²) in [5.74, 6) is 0.704. The Bertz CT molecular complexity index is 865. The fraction of sp³-hybridized carbons (Fsp3) is 0.263. The average Bonchev–Trinajstić information content (AvgIpc) is 3.22. The largest absolute Gasteiger partial charge is 0.489 e. The highest BCUT2D eigenvalue weighted by atomic mass is 32.1. The number of nitrogens with one attached hydrogen (secondary N) is 1. The van der Waals surface area contributed by atoms with Crippen LogP contribution in [0.25, 0.3) is 0 Å². The molecule has 3 aromatic rings. The molecule has 3 rings (SSSR count). The van der Waals surface area contributed by atoms with Crippen LogP contribution in [0, 0.1) is 13.8 Å². The molecule has 25 heavy (non-hydrogen) atoms. The molecule has 0 aliphatic heterocycles. The van der Waals surface area contributed by atoms with Crippen LogP contribution < -0.4 is 10.1 Å². The Morgan fingerprint density at radius 2 is 2.04 bits per heavy atom. The third kappa shape index (κ3) is 4.09. The number of thiophene rings is 1. The van der Waals surface area contributed by atoms with E-state index in [0.29, 0.717) is 11.5 Å². The fourth-order valence-electron chi connectivity index (χ4n) is 2.44. The molecule has 1 amide bonds. The lowest BCUT2D eigenvalue weighted by molar-refractivity contribution is 0.103. The molecule has 130 valence electrons. The standard InChI is InChI=1S/C19H21N3O2S/c1-4-22-14(3)17(10-20-22)21-19(23)18-9-15(12-25-18)11-24-16-7-5-13(2)6-8-16/h5-10,12H,4,11H2,1-3H3,(H,21,23). The number of amides is 1. The molecular weight excluding hydrogens is 334 g/mol. The summed E-state index contributed by atoms with van der Waals surface area (Å²) < 4.78 is 7.61. The zero-order valence-electron chi connectivity index (χ0n) is 14.6. The van der Waals surface area contributed by atoms with Crippen LogP contribution in [0.15, 0.2) is 41.9 Å². The fourth-order valence-corrected chi connectivity index (χ4v) is 3.24. The predicted molar refractivity (Wildman–Crippen MR) is 100 cm³/mol. The van der Waals surface area contributed by atoms with Gasteiger partial charge < -0.3 is 10.1 Å². The Labute approximate surface area is 151 Å². The van der Waals surface area contributed by atoms with E-state index in [9.17, 15) is 4.79 Å². The first-order chi connectivity index (χ1) is 12.1. The minimum absolute atomic E-state index is 0.120. The molecule has 0 unspecified atom stereocenters. The van der Waals surface area contributed by atoms with Gasteiger partial charge in [0.05, 0.1) is 22.5 Å². The van der Waals surface area contributed by atoms with Crippen LogP contribution in [0.4, 0.5) is 5.69 Å². The van der Waals surface area contributed by atoms with Crippen LogP contribution in [0.1, 0.15) is 33.4 Å². The third-order valence-electron chi connectivity index (χ3n) is 3.95. The van der Waals surface area contributed by atoms with Gasteiger partial charge in [-0.15, -0.1) is 11.3 Å². The smallest absolute Gasteiger partial charge is 0.265 e. The lowest BCUT2D eigenvalue weighted by Crippen LogP contribution is -2.11. The number of carbonyl (C=O) groups is 1. The Kier molecular flexibility index (Phi) is 5.19. The van der Waals surface area contributed by atoms with E-state index in [1.54, 1.807) is 6.20 Å². The number of ether oxygens (including phenoxy) is 1. The highest BCUT2D eigenvalue weighted by Gasteiger charge is 2.13. The molecule has 2 heterocycles. The summed E-state index contributed by atoms with van der Waals surface area (Å²) in [6.45, 7) is 7.23. The number of benzene rings is 1. The molecule has 0 aliphatic carbocycles. The Morgan fingerprint density at radius 3 is 2.72 bits per heavy atom. The molecule has 2 aromatic heterocycles. The number of aromatic nitrogens is 2. The van der Waals surface area contributed by atoms with Crippen molar-refractivity contribution in [2.75, 3.05) is 5.32 Å². The van der Waals surface area contributed by atoms with E-state index in [1.807, 2.05) is 61.2 Å². The highest BCUT2D eigenvalue weighted by Crippen LogP contribution is 2.21. The second-order valence-electron chi connectivity index (χ2n) is 5.83. The Balaban J connectivity index is 1.61. The van der Waals surface area contributed by atoms with Gasteiger partial charge in [-0.25, -0.2) is 0 Å². The van der Waals surface area contributed by atoms with E-state index in [4.69, 9.17) is 4.74 Å². The van der Waals surface area contributed by atoms with Crippen LogP contribution in [-0.4, -0.2) is 15.7 Å². The van der Waals surface area contributed by atoms with Crippen LogP contribution in [0.2, 0.25) is 0 Å². The summed E-state index contributed by atoms with van der Waals surface area (Å²) in [6, 6.07) is 9.79. The van der Waals surface area contributed by atoms with E-state index in [1.165, 1.54) is 16.9 Å². The van der Waals surface area contributed by atoms with Crippen LogP contribution in [-0.2, 0) is 13.2 Å². The molecule has 0 aliphatic rings. The van der Waals surface area contributed by atoms with E-state index < -0.39 is 0 Å². The molecule has 0 saturated carbocycles. The number of hydrogen-bond acceptors (Lipinski definition) is 4. The Morgan fingerprint density at radius 1 is 1.28 bits per heavy atom. The summed E-state index contributed by atoms with van der Waals surface area (Å²) in [4.78, 5) is 13.1. The van der Waals surface area contributed by atoms with Crippen molar-refractivity contribution in [3.05, 3.63) is 63.6 Å². The summed E-state index contributed by atoms with van der Waals surface area (Å²) in [7, 11) is 0. The van der Waals surface area contributed by atoms with Gasteiger partial charge in [-0.1, -0.05) is 17.7 Å². The molecule has 0 saturated heterocycles. The van der Waals surface area contributed by atoms with Crippen LogP contribution >= 0.6 is 11.3 Å². The maximum atomic E-state index is 12.4. The normalized spacial score (nSPS) is 10.7. The maximum Gasteiger partial charge on any atom is 0.265 e. The minimum Gasteiger partial charge on any atom is -0.489 e. The van der Waals surface area contributed by atoms with Gasteiger partial charge in [0.2, 0.25) is 0 Å². The second-order valence-corrected chi connectivity index (χ2v) is 6.75. The minimum atomic E-state index is -0.120. The number of hydrogen-bond donors (Lipinski definition) is 1. The van der Waals surface area contributed by atoms with Crippen molar-refractivity contribution in [3.8, 4) is 5.75 Å². The number of aryl methyl sites for hydroxylation is 2. The molecule has 1 aromatic carbocycles. The van der Waals surface area contributed by atoms with Gasteiger partial charge in [-0.05, 0) is 44.4 Å². The van der Waals surface area contributed by atoms with E-state index in [2.05, 4.69) is 10.4 Å². The molecule has 0 radical (unpaired) electrons. The number of anilines is 1. The average molecular weight is 355 g/mol. The van der Waals surface area contributed by atoms with Crippen molar-refractivity contribution in [2.45, 2.75) is 33.9 Å². The predicted octanol–water partition coefficient (Wildman–Crippen LogP) is 4.41. The number of rotatable bonds is 6. The van der Waals surface area contributed by atoms with Crippen molar-refractivity contribution in [1.29, 1.82) is 0 Å². The molecule has 0 spiro atoms. The molecule has 6 heteroatoms. The molecular formula is C19H21N3O2S. The van der Waals surface area contributed by atoms with Gasteiger partial charge in [0, 0.05) is 12.1 Å².